The van der Waals surface area contributed by atoms with Crippen LogP contribution < -0.4 is 5.32 Å². The molecule has 2 rings (SSSR count). The van der Waals surface area contributed by atoms with Crippen LogP contribution in [0, 0.1) is 5.82 Å². The first kappa shape index (κ1) is 10.9. The van der Waals surface area contributed by atoms with E-state index in [1.54, 1.807) is 12.1 Å². The molecule has 0 bridgehead atoms. The quantitative estimate of drug-likeness (QED) is 0.824. The van der Waals surface area contributed by atoms with E-state index in [4.69, 9.17) is 0 Å². The van der Waals surface area contributed by atoms with Crippen molar-refractivity contribution in [1.82, 2.24) is 5.32 Å². The third-order valence-electron chi connectivity index (χ3n) is 2.79. The summed E-state index contributed by atoms with van der Waals surface area (Å²) in [7, 11) is 0. The van der Waals surface area contributed by atoms with Crippen LogP contribution in [0.1, 0.15) is 30.9 Å². The summed E-state index contributed by atoms with van der Waals surface area (Å²) in [6.45, 7) is 0.932. The summed E-state index contributed by atoms with van der Waals surface area (Å²) >= 11 is 3.05. The van der Waals surface area contributed by atoms with Gasteiger partial charge in [0.2, 0.25) is 0 Å². The molecule has 1 saturated heterocycles. The van der Waals surface area contributed by atoms with Crippen molar-refractivity contribution in [3.8, 4) is 5.75 Å². The molecule has 0 aliphatic carbocycles. The molecule has 0 amide bonds. The summed E-state index contributed by atoms with van der Waals surface area (Å²) in [5.41, 5.74) is 0.662. The highest BCUT2D eigenvalue weighted by atomic mass is 79.9. The highest BCUT2D eigenvalue weighted by Crippen LogP contribution is 2.34. The number of phenols is 1. The monoisotopic (exact) mass is 273 g/mol. The number of benzene rings is 1. The molecule has 0 saturated carbocycles. The molecule has 0 unspecified atom stereocenters. The van der Waals surface area contributed by atoms with Crippen molar-refractivity contribution in [3.63, 3.8) is 0 Å². The maximum absolute atomic E-state index is 13.4. The third-order valence-corrected chi connectivity index (χ3v) is 3.40. The van der Waals surface area contributed by atoms with Crippen LogP contribution in [0.4, 0.5) is 4.39 Å². The van der Waals surface area contributed by atoms with Crippen LogP contribution in [0.3, 0.4) is 0 Å². The second-order valence-corrected chi connectivity index (χ2v) is 4.66. The number of hydrogen-bond acceptors (Lipinski definition) is 2. The molecule has 0 spiro atoms. The minimum Gasteiger partial charge on any atom is -0.505 e. The lowest BCUT2D eigenvalue weighted by molar-refractivity contribution is 0.376. The van der Waals surface area contributed by atoms with Crippen LogP contribution in [0.25, 0.3) is 0 Å². The van der Waals surface area contributed by atoms with Crippen molar-refractivity contribution in [2.75, 3.05) is 6.54 Å². The van der Waals surface area contributed by atoms with Crippen molar-refractivity contribution < 1.29 is 9.50 Å². The molecule has 2 nitrogen and oxygen atoms in total. The van der Waals surface area contributed by atoms with Crippen molar-refractivity contribution in [2.45, 2.75) is 25.3 Å². The predicted octanol–water partition coefficient (Wildman–Crippen LogP) is 3.11. The first-order valence-electron chi connectivity index (χ1n) is 5.10. The van der Waals surface area contributed by atoms with E-state index < -0.39 is 5.82 Å². The third kappa shape index (κ3) is 2.16. The first-order chi connectivity index (χ1) is 7.20. The topological polar surface area (TPSA) is 32.3 Å². The smallest absolute Gasteiger partial charge is 0.179 e. The molecule has 1 fully saturated rings. The van der Waals surface area contributed by atoms with E-state index in [-0.39, 0.29) is 11.8 Å². The zero-order chi connectivity index (χ0) is 10.8. The lowest BCUT2D eigenvalue weighted by Gasteiger charge is -2.24. The normalized spacial score (nSPS) is 21.6. The average Bonchev–Trinajstić information content (AvgIpc) is 2.27. The van der Waals surface area contributed by atoms with Gasteiger partial charge < -0.3 is 10.4 Å². The van der Waals surface area contributed by atoms with Gasteiger partial charge in [0.25, 0.3) is 0 Å². The standard InChI is InChI=1S/C11H13BrFNO/c12-8-5-4-7(11(15)10(8)13)9-3-1-2-6-14-9/h4-5,9,14-15H,1-3,6H2/t9-/m1/s1. The van der Waals surface area contributed by atoms with E-state index in [1.807, 2.05) is 0 Å². The number of piperidine rings is 1. The molecule has 1 aliphatic rings. The molecular formula is C11H13BrFNO. The van der Waals surface area contributed by atoms with Gasteiger partial charge in [0.1, 0.15) is 0 Å². The lowest BCUT2D eigenvalue weighted by Crippen LogP contribution is -2.26. The van der Waals surface area contributed by atoms with Crippen molar-refractivity contribution in [1.29, 1.82) is 0 Å². The molecule has 1 aliphatic heterocycles. The van der Waals surface area contributed by atoms with Gasteiger partial charge in [-0.2, -0.15) is 0 Å². The summed E-state index contributed by atoms with van der Waals surface area (Å²) < 4.78 is 13.7. The Morgan fingerprint density at radius 2 is 2.20 bits per heavy atom. The zero-order valence-electron chi connectivity index (χ0n) is 8.26. The van der Waals surface area contributed by atoms with Gasteiger partial charge in [-0.15, -0.1) is 0 Å². The molecule has 0 radical (unpaired) electrons. The highest BCUT2D eigenvalue weighted by molar-refractivity contribution is 9.10. The summed E-state index contributed by atoms with van der Waals surface area (Å²) in [5, 5.41) is 13.0. The Hall–Kier alpha value is -0.610. The lowest BCUT2D eigenvalue weighted by atomic mass is 9.97. The number of nitrogens with one attached hydrogen (secondary N) is 1. The summed E-state index contributed by atoms with van der Waals surface area (Å²) in [6, 6.07) is 3.49. The largest absolute Gasteiger partial charge is 0.505 e. The van der Waals surface area contributed by atoms with Crippen molar-refractivity contribution in [2.24, 2.45) is 0 Å². The van der Waals surface area contributed by atoms with E-state index in [2.05, 4.69) is 21.2 Å². The van der Waals surface area contributed by atoms with Crippen LogP contribution in [-0.4, -0.2) is 11.7 Å². The molecule has 82 valence electrons. The molecule has 15 heavy (non-hydrogen) atoms. The molecule has 1 aromatic rings. The van der Waals surface area contributed by atoms with E-state index in [0.29, 0.717) is 10.0 Å². The summed E-state index contributed by atoms with van der Waals surface area (Å²) in [6.07, 6.45) is 3.22. The number of halogens is 2. The summed E-state index contributed by atoms with van der Waals surface area (Å²) in [5.74, 6) is -0.802. The van der Waals surface area contributed by atoms with Gasteiger partial charge in [-0.1, -0.05) is 12.5 Å². The number of aromatic hydroxyl groups is 1. The fourth-order valence-electron chi connectivity index (χ4n) is 1.95. The van der Waals surface area contributed by atoms with Crippen LogP contribution in [0.5, 0.6) is 5.75 Å². The van der Waals surface area contributed by atoms with E-state index in [1.165, 1.54) is 0 Å². The summed E-state index contributed by atoms with van der Waals surface area (Å²) in [4.78, 5) is 0. The minimum atomic E-state index is -0.570. The molecule has 2 N–H and O–H groups in total. The maximum atomic E-state index is 13.4. The average molecular weight is 274 g/mol. The molecule has 0 aromatic heterocycles. The van der Waals surface area contributed by atoms with Crippen molar-refractivity contribution >= 4 is 15.9 Å². The van der Waals surface area contributed by atoms with Crippen LogP contribution in [0.2, 0.25) is 0 Å². The molecule has 1 aromatic carbocycles. The Bertz CT molecular complexity index is 364. The van der Waals surface area contributed by atoms with Gasteiger partial charge in [0, 0.05) is 11.6 Å². The Kier molecular flexibility index (Phi) is 3.26. The molecule has 1 heterocycles. The molecular weight excluding hydrogens is 261 g/mol. The van der Waals surface area contributed by atoms with E-state index in [0.717, 1.165) is 25.8 Å². The zero-order valence-corrected chi connectivity index (χ0v) is 9.85. The van der Waals surface area contributed by atoms with Gasteiger partial charge in [-0.05, 0) is 41.4 Å². The van der Waals surface area contributed by atoms with Gasteiger partial charge in [0.05, 0.1) is 4.47 Å². The van der Waals surface area contributed by atoms with Gasteiger partial charge >= 0.3 is 0 Å². The predicted molar refractivity (Wildman–Crippen MR) is 60.4 cm³/mol. The highest BCUT2D eigenvalue weighted by Gasteiger charge is 2.20. The fraction of sp³-hybridized carbons (Fsp3) is 0.455. The second-order valence-electron chi connectivity index (χ2n) is 3.80. The number of phenolic OH excluding ortho intramolecular Hbond substituents is 1. The molecule has 4 heteroatoms. The number of hydrogen-bond donors (Lipinski definition) is 2. The first-order valence-corrected chi connectivity index (χ1v) is 5.89. The van der Waals surface area contributed by atoms with Crippen LogP contribution in [0.15, 0.2) is 16.6 Å². The SMILES string of the molecule is Oc1c([C@H]2CCCCN2)ccc(Br)c1F. The Morgan fingerprint density at radius 3 is 2.87 bits per heavy atom. The number of rotatable bonds is 1. The Labute approximate surface area is 96.6 Å². The van der Waals surface area contributed by atoms with Crippen LogP contribution in [-0.2, 0) is 0 Å². The second kappa shape index (κ2) is 4.49. The van der Waals surface area contributed by atoms with Crippen LogP contribution >= 0.6 is 15.9 Å². The minimum absolute atomic E-state index is 0.0846. The van der Waals surface area contributed by atoms with E-state index in [9.17, 15) is 9.50 Å². The van der Waals surface area contributed by atoms with E-state index >= 15 is 0 Å². The maximum Gasteiger partial charge on any atom is 0.179 e. The van der Waals surface area contributed by atoms with Gasteiger partial charge in [-0.3, -0.25) is 0 Å². The Balaban J connectivity index is 2.31. The van der Waals surface area contributed by atoms with Gasteiger partial charge in [0.15, 0.2) is 11.6 Å². The fourth-order valence-corrected chi connectivity index (χ4v) is 2.27. The van der Waals surface area contributed by atoms with Gasteiger partial charge in [-0.25, -0.2) is 4.39 Å². The van der Waals surface area contributed by atoms with Crippen molar-refractivity contribution in [3.05, 3.63) is 28.0 Å². The Morgan fingerprint density at radius 1 is 1.40 bits per heavy atom. The molecule has 1 atom stereocenters.